The van der Waals surface area contributed by atoms with E-state index < -0.39 is 5.92 Å². The quantitative estimate of drug-likeness (QED) is 0.678. The van der Waals surface area contributed by atoms with Crippen LogP contribution in [0.15, 0.2) is 12.4 Å². The third-order valence-electron chi connectivity index (χ3n) is 1.36. The van der Waals surface area contributed by atoms with Crippen molar-refractivity contribution >= 4 is 0 Å². The molecule has 0 saturated carbocycles. The van der Waals surface area contributed by atoms with Gasteiger partial charge in [0.25, 0.3) is 5.92 Å². The highest BCUT2D eigenvalue weighted by molar-refractivity contribution is 5.09. The van der Waals surface area contributed by atoms with Gasteiger partial charge in [-0.15, -0.1) is 0 Å². The molecule has 1 N–H and O–H groups in total. The molecule has 1 aromatic rings. The molecule has 0 bridgehead atoms. The first-order valence-electron chi connectivity index (χ1n) is 3.04. The van der Waals surface area contributed by atoms with Gasteiger partial charge in [-0.25, -0.2) is 8.78 Å². The molecule has 0 aliphatic rings. The lowest BCUT2D eigenvalue weighted by Gasteiger charge is -2.09. The molecule has 0 unspecified atom stereocenters. The summed E-state index contributed by atoms with van der Waals surface area (Å²) in [5.41, 5.74) is -0.0463. The Kier molecular flexibility index (Phi) is 1.70. The van der Waals surface area contributed by atoms with Gasteiger partial charge in [0.05, 0.1) is 11.8 Å². The molecule has 0 radical (unpaired) electrons. The summed E-state index contributed by atoms with van der Waals surface area (Å²) in [6.07, 6.45) is 2.17. The van der Waals surface area contributed by atoms with E-state index in [-0.39, 0.29) is 12.0 Å². The summed E-state index contributed by atoms with van der Waals surface area (Å²) in [6.45, 7) is 1.44. The Labute approximate surface area is 57.3 Å². The summed E-state index contributed by atoms with van der Waals surface area (Å²) in [4.78, 5) is 0. The Morgan fingerprint density at radius 3 is 2.80 bits per heavy atom. The molecule has 0 fully saturated rings. The molecule has 0 amide bonds. The van der Waals surface area contributed by atoms with Crippen LogP contribution in [-0.4, -0.2) is 10.2 Å². The van der Waals surface area contributed by atoms with Gasteiger partial charge >= 0.3 is 0 Å². The summed E-state index contributed by atoms with van der Waals surface area (Å²) < 4.78 is 25.3. The maximum atomic E-state index is 12.7. The molecule has 4 heteroatoms. The predicted molar refractivity (Wildman–Crippen MR) is 32.8 cm³/mol. The average molecular weight is 146 g/mol. The number of halogens is 2. The highest BCUT2D eigenvalue weighted by Crippen LogP contribution is 2.29. The van der Waals surface area contributed by atoms with Crippen LogP contribution in [-0.2, 0) is 5.92 Å². The highest BCUT2D eigenvalue weighted by Gasteiger charge is 2.29. The minimum absolute atomic E-state index is 0.0463. The molecule has 1 rings (SSSR count). The van der Waals surface area contributed by atoms with Crippen molar-refractivity contribution in [1.82, 2.24) is 10.2 Å². The van der Waals surface area contributed by atoms with E-state index in [0.717, 1.165) is 6.20 Å². The summed E-state index contributed by atoms with van der Waals surface area (Å²) in [5, 5.41) is 5.77. The van der Waals surface area contributed by atoms with Gasteiger partial charge in [0.2, 0.25) is 0 Å². The Morgan fingerprint density at radius 1 is 1.70 bits per heavy atom. The van der Waals surface area contributed by atoms with E-state index in [1.165, 1.54) is 13.1 Å². The zero-order valence-corrected chi connectivity index (χ0v) is 5.56. The van der Waals surface area contributed by atoms with Crippen LogP contribution >= 0.6 is 0 Å². The van der Waals surface area contributed by atoms with Crippen LogP contribution in [0.4, 0.5) is 8.78 Å². The molecular formula is C6H8F2N2. The minimum atomic E-state index is -2.73. The first-order valence-corrected chi connectivity index (χ1v) is 3.04. The summed E-state index contributed by atoms with van der Waals surface area (Å²) in [7, 11) is 0. The molecular weight excluding hydrogens is 138 g/mol. The van der Waals surface area contributed by atoms with Gasteiger partial charge in [0.1, 0.15) is 0 Å². The van der Waals surface area contributed by atoms with Crippen LogP contribution in [0.5, 0.6) is 0 Å². The lowest BCUT2D eigenvalue weighted by atomic mass is 10.1. The standard InChI is InChI=1S/C6H8F2N2/c1-2-6(7,8)5-3-9-10-4-5/h3-4H,2H2,1H3,(H,9,10). The summed E-state index contributed by atoms with van der Waals surface area (Å²) >= 11 is 0. The van der Waals surface area contributed by atoms with Crippen molar-refractivity contribution in [2.24, 2.45) is 0 Å². The van der Waals surface area contributed by atoms with Gasteiger partial charge in [0.15, 0.2) is 0 Å². The zero-order valence-electron chi connectivity index (χ0n) is 5.56. The number of hydrogen-bond acceptors (Lipinski definition) is 1. The molecule has 0 saturated heterocycles. The van der Waals surface area contributed by atoms with E-state index >= 15 is 0 Å². The first-order chi connectivity index (χ1) is 4.67. The van der Waals surface area contributed by atoms with Gasteiger partial charge in [-0.05, 0) is 0 Å². The summed E-state index contributed by atoms with van der Waals surface area (Å²) in [5.74, 6) is -2.73. The SMILES string of the molecule is CCC(F)(F)c1cn[nH]c1. The second kappa shape index (κ2) is 2.36. The number of rotatable bonds is 2. The fourth-order valence-electron chi connectivity index (χ4n) is 0.655. The fourth-order valence-corrected chi connectivity index (χ4v) is 0.655. The molecule has 56 valence electrons. The van der Waals surface area contributed by atoms with Crippen LogP contribution in [0, 0.1) is 0 Å². The second-order valence-electron chi connectivity index (χ2n) is 2.04. The van der Waals surface area contributed by atoms with Crippen LogP contribution < -0.4 is 0 Å². The van der Waals surface area contributed by atoms with Crippen LogP contribution in [0.2, 0.25) is 0 Å². The van der Waals surface area contributed by atoms with E-state index in [4.69, 9.17) is 0 Å². The number of aromatic amines is 1. The first kappa shape index (κ1) is 7.18. The van der Waals surface area contributed by atoms with Crippen LogP contribution in [0.3, 0.4) is 0 Å². The Bertz CT molecular complexity index is 194. The molecule has 0 spiro atoms. The Balaban J connectivity index is 2.85. The number of hydrogen-bond donors (Lipinski definition) is 1. The van der Waals surface area contributed by atoms with E-state index in [1.807, 2.05) is 0 Å². The van der Waals surface area contributed by atoms with E-state index in [0.29, 0.717) is 0 Å². The van der Waals surface area contributed by atoms with Crippen LogP contribution in [0.1, 0.15) is 18.9 Å². The fraction of sp³-hybridized carbons (Fsp3) is 0.500. The number of nitrogens with zero attached hydrogens (tertiary/aromatic N) is 1. The van der Waals surface area contributed by atoms with E-state index in [1.54, 1.807) is 0 Å². The second-order valence-corrected chi connectivity index (χ2v) is 2.04. The molecule has 0 aromatic carbocycles. The highest BCUT2D eigenvalue weighted by atomic mass is 19.3. The Hall–Kier alpha value is -0.930. The number of alkyl halides is 2. The normalized spacial score (nSPS) is 11.9. The lowest BCUT2D eigenvalue weighted by molar-refractivity contribution is -0.00824. The van der Waals surface area contributed by atoms with E-state index in [9.17, 15) is 8.78 Å². The van der Waals surface area contributed by atoms with Crippen molar-refractivity contribution in [1.29, 1.82) is 0 Å². The number of H-pyrrole nitrogens is 1. The summed E-state index contributed by atoms with van der Waals surface area (Å²) in [6, 6.07) is 0. The third-order valence-corrected chi connectivity index (χ3v) is 1.36. The largest absolute Gasteiger partial charge is 0.285 e. The molecule has 0 aliphatic carbocycles. The zero-order chi connectivity index (χ0) is 7.61. The van der Waals surface area contributed by atoms with Gasteiger partial charge in [-0.2, -0.15) is 5.10 Å². The monoisotopic (exact) mass is 146 g/mol. The van der Waals surface area contributed by atoms with Crippen molar-refractivity contribution < 1.29 is 8.78 Å². The van der Waals surface area contributed by atoms with Gasteiger partial charge in [-0.1, -0.05) is 6.92 Å². The van der Waals surface area contributed by atoms with Crippen molar-refractivity contribution in [3.8, 4) is 0 Å². The number of nitrogens with one attached hydrogen (secondary N) is 1. The Morgan fingerprint density at radius 2 is 2.40 bits per heavy atom. The topological polar surface area (TPSA) is 28.7 Å². The molecule has 0 atom stereocenters. The smallest absolute Gasteiger partial charge is 0.276 e. The lowest BCUT2D eigenvalue weighted by Crippen LogP contribution is -2.09. The molecule has 2 nitrogen and oxygen atoms in total. The maximum absolute atomic E-state index is 12.7. The van der Waals surface area contributed by atoms with E-state index in [2.05, 4.69) is 10.2 Å². The van der Waals surface area contributed by atoms with Gasteiger partial charge < -0.3 is 0 Å². The van der Waals surface area contributed by atoms with Crippen molar-refractivity contribution in [2.45, 2.75) is 19.3 Å². The van der Waals surface area contributed by atoms with Gasteiger partial charge in [0, 0.05) is 12.6 Å². The van der Waals surface area contributed by atoms with Crippen molar-refractivity contribution in [3.05, 3.63) is 18.0 Å². The van der Waals surface area contributed by atoms with Crippen molar-refractivity contribution in [3.63, 3.8) is 0 Å². The number of aromatic nitrogens is 2. The minimum Gasteiger partial charge on any atom is -0.285 e. The third kappa shape index (κ3) is 1.15. The van der Waals surface area contributed by atoms with Crippen LogP contribution in [0.25, 0.3) is 0 Å². The predicted octanol–water partition coefficient (Wildman–Crippen LogP) is 1.91. The molecule has 1 aromatic heterocycles. The van der Waals surface area contributed by atoms with Crippen molar-refractivity contribution in [2.75, 3.05) is 0 Å². The van der Waals surface area contributed by atoms with Gasteiger partial charge in [-0.3, -0.25) is 5.10 Å². The molecule has 1 heterocycles. The maximum Gasteiger partial charge on any atom is 0.276 e. The molecule has 0 aliphatic heterocycles. The average Bonchev–Trinajstić information content (AvgIpc) is 2.38. The molecule has 10 heavy (non-hydrogen) atoms.